The molecule has 1 aliphatic rings. The second-order valence-corrected chi connectivity index (χ2v) is 5.94. The number of carbonyl (C=O) groups is 2. The molecule has 2 atom stereocenters. The van der Waals surface area contributed by atoms with E-state index in [2.05, 4.69) is 12.2 Å². The average molecular weight is 255 g/mol. The predicted molar refractivity (Wildman–Crippen MR) is 70.4 cm³/mol. The van der Waals surface area contributed by atoms with E-state index < -0.39 is 12.1 Å². The number of ether oxygens (including phenoxy) is 1. The first-order valence-electron chi connectivity index (χ1n) is 6.85. The predicted octanol–water partition coefficient (Wildman–Crippen LogP) is 2.91. The molecule has 104 valence electrons. The van der Waals surface area contributed by atoms with E-state index in [1.165, 1.54) is 0 Å². The number of Topliss-reactive ketones (excluding diaryl/α,β-unsaturated/α-hetero) is 1. The number of hydrogen-bond donors (Lipinski definition) is 1. The molecule has 0 saturated carbocycles. The Morgan fingerprint density at radius 2 is 2.17 bits per heavy atom. The molecule has 1 fully saturated rings. The topological polar surface area (TPSA) is 55.4 Å². The third-order valence-electron chi connectivity index (χ3n) is 3.63. The van der Waals surface area contributed by atoms with Crippen molar-refractivity contribution in [3.8, 4) is 0 Å². The number of alkyl carbamates (subject to hydrolysis) is 1. The lowest BCUT2D eigenvalue weighted by molar-refractivity contribution is -0.129. The first kappa shape index (κ1) is 15.0. The lowest BCUT2D eigenvalue weighted by Crippen LogP contribution is -2.58. The normalized spacial score (nSPS) is 24.0. The van der Waals surface area contributed by atoms with Gasteiger partial charge in [0.1, 0.15) is 6.61 Å². The van der Waals surface area contributed by atoms with Gasteiger partial charge in [0.15, 0.2) is 5.78 Å². The molecule has 1 amide bonds. The van der Waals surface area contributed by atoms with E-state index in [1.54, 1.807) is 0 Å². The monoisotopic (exact) mass is 255 g/mol. The Hall–Kier alpha value is -1.06. The molecule has 0 bridgehead atoms. The molecule has 0 aromatic heterocycles. The fourth-order valence-corrected chi connectivity index (χ4v) is 2.27. The van der Waals surface area contributed by atoms with Gasteiger partial charge in [-0.2, -0.15) is 0 Å². The van der Waals surface area contributed by atoms with Crippen molar-refractivity contribution in [2.75, 3.05) is 6.61 Å². The molecule has 1 unspecified atom stereocenters. The Balaban J connectivity index is 2.60. The van der Waals surface area contributed by atoms with Gasteiger partial charge in [-0.1, -0.05) is 47.0 Å². The van der Waals surface area contributed by atoms with E-state index >= 15 is 0 Å². The van der Waals surface area contributed by atoms with Gasteiger partial charge in [-0.3, -0.25) is 4.79 Å². The summed E-state index contributed by atoms with van der Waals surface area (Å²) in [5, 5.41) is 2.67. The van der Waals surface area contributed by atoms with Crippen molar-refractivity contribution in [1.29, 1.82) is 0 Å². The van der Waals surface area contributed by atoms with Crippen molar-refractivity contribution in [3.63, 3.8) is 0 Å². The number of cyclic esters (lactones) is 1. The second-order valence-electron chi connectivity index (χ2n) is 5.94. The number of rotatable bonds is 6. The Morgan fingerprint density at radius 3 is 2.78 bits per heavy atom. The first-order chi connectivity index (χ1) is 8.38. The average Bonchev–Trinajstić information content (AvgIpc) is 2.31. The summed E-state index contributed by atoms with van der Waals surface area (Å²) in [6.45, 7) is 8.31. The van der Waals surface area contributed by atoms with Crippen LogP contribution in [0.5, 0.6) is 0 Å². The maximum atomic E-state index is 12.4. The molecule has 4 nitrogen and oxygen atoms in total. The molecule has 1 N–H and O–H groups in total. The van der Waals surface area contributed by atoms with Crippen LogP contribution in [-0.2, 0) is 9.53 Å². The zero-order valence-corrected chi connectivity index (χ0v) is 11.9. The number of unbranched alkanes of at least 4 members (excludes halogenated alkanes) is 2. The van der Waals surface area contributed by atoms with Crippen LogP contribution in [0.15, 0.2) is 0 Å². The van der Waals surface area contributed by atoms with Gasteiger partial charge in [0.2, 0.25) is 0 Å². The third kappa shape index (κ3) is 3.72. The third-order valence-corrected chi connectivity index (χ3v) is 3.63. The van der Waals surface area contributed by atoms with Crippen LogP contribution in [0.3, 0.4) is 0 Å². The molecule has 1 rings (SSSR count). The van der Waals surface area contributed by atoms with Gasteiger partial charge >= 0.3 is 6.09 Å². The molecule has 0 aliphatic carbocycles. The highest BCUT2D eigenvalue weighted by atomic mass is 16.6. The number of hydrogen-bond acceptors (Lipinski definition) is 3. The lowest BCUT2D eigenvalue weighted by atomic mass is 9.78. The number of nitrogens with one attached hydrogen (secondary N) is 1. The quantitative estimate of drug-likeness (QED) is 0.742. The molecule has 4 heteroatoms. The molecule has 0 radical (unpaired) electrons. The van der Waals surface area contributed by atoms with Crippen molar-refractivity contribution >= 4 is 11.9 Å². The zero-order valence-electron chi connectivity index (χ0n) is 11.9. The Bertz CT molecular complexity index is 312. The minimum Gasteiger partial charge on any atom is -0.449 e. The smallest absolute Gasteiger partial charge is 0.407 e. The van der Waals surface area contributed by atoms with E-state index in [4.69, 9.17) is 4.74 Å². The second kappa shape index (κ2) is 6.21. The van der Waals surface area contributed by atoms with Gasteiger partial charge in [-0.15, -0.1) is 0 Å². The highest BCUT2D eigenvalue weighted by Crippen LogP contribution is 2.28. The molecule has 1 heterocycles. The largest absolute Gasteiger partial charge is 0.449 e. The van der Waals surface area contributed by atoms with Crippen molar-refractivity contribution in [1.82, 2.24) is 5.32 Å². The Kier molecular flexibility index (Phi) is 5.17. The van der Waals surface area contributed by atoms with E-state index in [-0.39, 0.29) is 17.1 Å². The standard InChI is InChI=1S/C14H25NO3/c1-5-6-7-8-10(2)11(16)12-14(3,4)9-18-13(17)15-12/h10,12H,5-9H2,1-4H3,(H,15,17)/t10-,12?/m1/s1. The van der Waals surface area contributed by atoms with Crippen LogP contribution in [0.4, 0.5) is 4.79 Å². The summed E-state index contributed by atoms with van der Waals surface area (Å²) in [4.78, 5) is 23.6. The van der Waals surface area contributed by atoms with Crippen LogP contribution in [-0.4, -0.2) is 24.5 Å². The number of carbonyl (C=O) groups excluding carboxylic acids is 2. The van der Waals surface area contributed by atoms with E-state index in [0.717, 1.165) is 25.7 Å². The Morgan fingerprint density at radius 1 is 1.50 bits per heavy atom. The molecule has 0 spiro atoms. The van der Waals surface area contributed by atoms with E-state index in [1.807, 2.05) is 20.8 Å². The van der Waals surface area contributed by atoms with Crippen molar-refractivity contribution in [2.45, 2.75) is 59.4 Å². The molecule has 0 aromatic carbocycles. The van der Waals surface area contributed by atoms with Gasteiger partial charge in [0, 0.05) is 11.3 Å². The molecular formula is C14H25NO3. The first-order valence-corrected chi connectivity index (χ1v) is 6.85. The van der Waals surface area contributed by atoms with Gasteiger partial charge < -0.3 is 10.1 Å². The van der Waals surface area contributed by atoms with Crippen molar-refractivity contribution < 1.29 is 14.3 Å². The minimum absolute atomic E-state index is 0.000718. The van der Waals surface area contributed by atoms with E-state index in [9.17, 15) is 9.59 Å². The van der Waals surface area contributed by atoms with Gasteiger partial charge in [0.25, 0.3) is 0 Å². The van der Waals surface area contributed by atoms with Crippen LogP contribution in [0, 0.1) is 11.3 Å². The van der Waals surface area contributed by atoms with Crippen molar-refractivity contribution in [3.05, 3.63) is 0 Å². The molecular weight excluding hydrogens is 230 g/mol. The number of ketones is 1. The lowest BCUT2D eigenvalue weighted by Gasteiger charge is -2.38. The SMILES string of the molecule is CCCCC[C@@H](C)C(=O)C1NC(=O)OCC1(C)C. The van der Waals surface area contributed by atoms with Gasteiger partial charge in [0.05, 0.1) is 6.04 Å². The van der Waals surface area contributed by atoms with Crippen LogP contribution in [0.2, 0.25) is 0 Å². The minimum atomic E-state index is -0.478. The summed E-state index contributed by atoms with van der Waals surface area (Å²) in [5.41, 5.74) is -0.329. The van der Waals surface area contributed by atoms with Crippen LogP contribution in [0.25, 0.3) is 0 Å². The molecule has 1 saturated heterocycles. The maximum absolute atomic E-state index is 12.4. The van der Waals surface area contributed by atoms with E-state index in [0.29, 0.717) is 6.61 Å². The maximum Gasteiger partial charge on any atom is 0.407 e. The fourth-order valence-electron chi connectivity index (χ4n) is 2.27. The summed E-state index contributed by atoms with van der Waals surface area (Å²) in [7, 11) is 0. The summed E-state index contributed by atoms with van der Waals surface area (Å²) >= 11 is 0. The molecule has 1 aliphatic heterocycles. The summed E-state index contributed by atoms with van der Waals surface area (Å²) in [5.74, 6) is 0.131. The van der Waals surface area contributed by atoms with Gasteiger partial charge in [-0.25, -0.2) is 4.79 Å². The fraction of sp³-hybridized carbons (Fsp3) is 0.857. The Labute approximate surface area is 109 Å². The summed E-state index contributed by atoms with van der Waals surface area (Å²) in [6.07, 6.45) is 3.80. The highest BCUT2D eigenvalue weighted by molar-refractivity contribution is 5.90. The summed E-state index contributed by atoms with van der Waals surface area (Å²) in [6, 6.07) is -0.421. The van der Waals surface area contributed by atoms with Crippen LogP contribution in [0.1, 0.15) is 53.4 Å². The zero-order chi connectivity index (χ0) is 13.8. The number of amides is 1. The van der Waals surface area contributed by atoms with Crippen LogP contribution < -0.4 is 5.32 Å². The molecule has 18 heavy (non-hydrogen) atoms. The van der Waals surface area contributed by atoms with Crippen LogP contribution >= 0.6 is 0 Å². The van der Waals surface area contributed by atoms with Gasteiger partial charge in [-0.05, 0) is 6.42 Å². The highest BCUT2D eigenvalue weighted by Gasteiger charge is 2.42. The molecule has 0 aromatic rings. The van der Waals surface area contributed by atoms with Crippen molar-refractivity contribution in [2.24, 2.45) is 11.3 Å². The summed E-state index contributed by atoms with van der Waals surface area (Å²) < 4.78 is 4.95.